The molecule has 24 heavy (non-hydrogen) atoms. The summed E-state index contributed by atoms with van der Waals surface area (Å²) in [6.07, 6.45) is 1.52. The highest BCUT2D eigenvalue weighted by Gasteiger charge is 2.23. The van der Waals surface area contributed by atoms with E-state index in [1.165, 1.54) is 7.11 Å². The molecule has 1 saturated heterocycles. The first-order chi connectivity index (χ1) is 11.6. The van der Waals surface area contributed by atoms with E-state index >= 15 is 0 Å². The average molecular weight is 369 g/mol. The molecule has 1 aliphatic heterocycles. The van der Waals surface area contributed by atoms with Gasteiger partial charge in [-0.1, -0.05) is 29.3 Å². The van der Waals surface area contributed by atoms with E-state index < -0.39 is 0 Å². The molecule has 1 aliphatic rings. The molecule has 0 unspecified atom stereocenters. The Kier molecular flexibility index (Phi) is 5.46. The fourth-order valence-electron chi connectivity index (χ4n) is 2.75. The Labute approximate surface area is 150 Å². The Balaban J connectivity index is 1.70. The first-order valence-electron chi connectivity index (χ1n) is 7.61. The molecule has 0 spiro atoms. The number of morpholine rings is 1. The van der Waals surface area contributed by atoms with Crippen molar-refractivity contribution in [3.8, 4) is 5.75 Å². The van der Waals surface area contributed by atoms with Crippen molar-refractivity contribution in [1.29, 1.82) is 0 Å². The monoisotopic (exact) mass is 368 g/mol. The summed E-state index contributed by atoms with van der Waals surface area (Å²) in [5.74, 6) is 0.314. The summed E-state index contributed by atoms with van der Waals surface area (Å²) in [6, 6.07) is 7.12. The van der Waals surface area contributed by atoms with Crippen LogP contribution in [0.2, 0.25) is 10.0 Å². The molecular formula is C17H18Cl2N2O3. The molecule has 5 nitrogen and oxygen atoms in total. The summed E-state index contributed by atoms with van der Waals surface area (Å²) in [4.78, 5) is 17.2. The van der Waals surface area contributed by atoms with Gasteiger partial charge < -0.3 is 14.5 Å². The second-order valence-corrected chi connectivity index (χ2v) is 6.47. The van der Waals surface area contributed by atoms with Crippen molar-refractivity contribution in [3.63, 3.8) is 0 Å². The Morgan fingerprint density at radius 1 is 1.33 bits per heavy atom. The zero-order chi connectivity index (χ0) is 17.1. The van der Waals surface area contributed by atoms with Crippen molar-refractivity contribution < 1.29 is 9.47 Å². The Bertz CT molecular complexity index is 779. The third-order valence-electron chi connectivity index (χ3n) is 4.02. The first-order valence-corrected chi connectivity index (χ1v) is 8.37. The van der Waals surface area contributed by atoms with Crippen LogP contribution in [0.15, 0.2) is 35.3 Å². The maximum Gasteiger partial charge on any atom is 0.223 e. The SMILES string of the molecule is COc1c[nH]c(CN2CCO[C@@H](c3ccc(Cl)c(Cl)c3)C2)cc1=O. The highest BCUT2D eigenvalue weighted by Crippen LogP contribution is 2.29. The molecule has 3 rings (SSSR count). The number of hydrogen-bond acceptors (Lipinski definition) is 4. The number of ether oxygens (including phenoxy) is 2. The van der Waals surface area contributed by atoms with Crippen LogP contribution in [0.4, 0.5) is 0 Å². The van der Waals surface area contributed by atoms with E-state index in [4.69, 9.17) is 32.7 Å². The number of aromatic amines is 1. The van der Waals surface area contributed by atoms with Crippen LogP contribution in [0.1, 0.15) is 17.4 Å². The lowest BCUT2D eigenvalue weighted by Gasteiger charge is -2.33. The van der Waals surface area contributed by atoms with Gasteiger partial charge in [-0.25, -0.2) is 0 Å². The number of halogens is 2. The predicted octanol–water partition coefficient (Wildman–Crippen LogP) is 3.26. The van der Waals surface area contributed by atoms with Crippen molar-refractivity contribution in [2.24, 2.45) is 0 Å². The van der Waals surface area contributed by atoms with Gasteiger partial charge in [-0.3, -0.25) is 9.69 Å². The summed E-state index contributed by atoms with van der Waals surface area (Å²) in [5.41, 5.74) is 1.72. The lowest BCUT2D eigenvalue weighted by molar-refractivity contribution is -0.0332. The molecular weight excluding hydrogens is 351 g/mol. The molecule has 2 heterocycles. The number of pyridine rings is 1. The number of nitrogens with one attached hydrogen (secondary N) is 1. The van der Waals surface area contributed by atoms with E-state index in [0.717, 1.165) is 17.8 Å². The smallest absolute Gasteiger partial charge is 0.223 e. The van der Waals surface area contributed by atoms with Crippen LogP contribution >= 0.6 is 23.2 Å². The average Bonchev–Trinajstić information content (AvgIpc) is 2.58. The van der Waals surface area contributed by atoms with E-state index in [-0.39, 0.29) is 11.5 Å². The summed E-state index contributed by atoms with van der Waals surface area (Å²) >= 11 is 12.1. The van der Waals surface area contributed by atoms with Crippen LogP contribution in [0.3, 0.4) is 0 Å². The molecule has 0 saturated carbocycles. The Morgan fingerprint density at radius 2 is 2.17 bits per heavy atom. The lowest BCUT2D eigenvalue weighted by atomic mass is 10.1. The number of hydrogen-bond donors (Lipinski definition) is 1. The highest BCUT2D eigenvalue weighted by atomic mass is 35.5. The molecule has 1 aromatic carbocycles. The van der Waals surface area contributed by atoms with Gasteiger partial charge in [-0.05, 0) is 17.7 Å². The van der Waals surface area contributed by atoms with Crippen LogP contribution < -0.4 is 10.2 Å². The number of nitrogens with zero attached hydrogens (tertiary/aromatic N) is 1. The zero-order valence-corrected chi connectivity index (χ0v) is 14.7. The largest absolute Gasteiger partial charge is 0.491 e. The van der Waals surface area contributed by atoms with Gasteiger partial charge in [-0.15, -0.1) is 0 Å². The topological polar surface area (TPSA) is 54.6 Å². The van der Waals surface area contributed by atoms with Crippen molar-refractivity contribution in [2.45, 2.75) is 12.6 Å². The van der Waals surface area contributed by atoms with Gasteiger partial charge in [0.1, 0.15) is 0 Å². The van der Waals surface area contributed by atoms with E-state index in [9.17, 15) is 4.79 Å². The minimum Gasteiger partial charge on any atom is -0.491 e. The zero-order valence-electron chi connectivity index (χ0n) is 13.2. The molecule has 7 heteroatoms. The molecule has 0 bridgehead atoms. The second kappa shape index (κ2) is 7.57. The van der Waals surface area contributed by atoms with Gasteiger partial charge in [0.25, 0.3) is 0 Å². The minimum atomic E-state index is -0.124. The summed E-state index contributed by atoms with van der Waals surface area (Å²) in [6.45, 7) is 2.77. The van der Waals surface area contributed by atoms with Crippen molar-refractivity contribution in [1.82, 2.24) is 9.88 Å². The maximum atomic E-state index is 11.9. The van der Waals surface area contributed by atoms with Crippen LogP contribution in [0.5, 0.6) is 5.75 Å². The van der Waals surface area contributed by atoms with Gasteiger partial charge in [-0.2, -0.15) is 0 Å². The van der Waals surface area contributed by atoms with Gasteiger partial charge in [0, 0.05) is 37.6 Å². The van der Waals surface area contributed by atoms with E-state index in [1.807, 2.05) is 12.1 Å². The quantitative estimate of drug-likeness (QED) is 0.899. The third kappa shape index (κ3) is 3.92. The van der Waals surface area contributed by atoms with Gasteiger partial charge >= 0.3 is 0 Å². The standard InChI is InChI=1S/C17H18Cl2N2O3/c1-23-16-8-20-12(7-15(16)22)9-21-4-5-24-17(10-21)11-2-3-13(18)14(19)6-11/h2-3,6-8,17H,4-5,9-10H2,1H3,(H,20,22)/t17-/m1/s1. The van der Waals surface area contributed by atoms with Gasteiger partial charge in [0.2, 0.25) is 5.43 Å². The van der Waals surface area contributed by atoms with Crippen molar-refractivity contribution in [2.75, 3.05) is 26.8 Å². The van der Waals surface area contributed by atoms with Crippen LogP contribution in [-0.2, 0) is 11.3 Å². The van der Waals surface area contributed by atoms with Gasteiger partial charge in [0.05, 0.1) is 29.9 Å². The second-order valence-electron chi connectivity index (χ2n) is 5.66. The molecule has 0 amide bonds. The van der Waals surface area contributed by atoms with Crippen molar-refractivity contribution >= 4 is 23.2 Å². The normalized spacial score (nSPS) is 18.5. The molecule has 1 atom stereocenters. The fourth-order valence-corrected chi connectivity index (χ4v) is 3.06. The number of H-pyrrole nitrogens is 1. The molecule has 1 aromatic heterocycles. The lowest BCUT2D eigenvalue weighted by Crippen LogP contribution is -2.38. The fraction of sp³-hybridized carbons (Fsp3) is 0.353. The summed E-state index contributed by atoms with van der Waals surface area (Å²) in [5, 5.41) is 1.05. The molecule has 0 radical (unpaired) electrons. The number of rotatable bonds is 4. The molecule has 1 fully saturated rings. The number of benzene rings is 1. The maximum absolute atomic E-state index is 11.9. The van der Waals surface area contributed by atoms with Crippen LogP contribution in [-0.4, -0.2) is 36.7 Å². The number of aromatic nitrogens is 1. The predicted molar refractivity (Wildman–Crippen MR) is 94.0 cm³/mol. The highest BCUT2D eigenvalue weighted by molar-refractivity contribution is 6.42. The summed E-state index contributed by atoms with van der Waals surface area (Å²) in [7, 11) is 1.48. The van der Waals surface area contributed by atoms with Crippen molar-refractivity contribution in [3.05, 3.63) is 62.0 Å². The Hall–Kier alpha value is -1.53. The molecule has 1 N–H and O–H groups in total. The van der Waals surface area contributed by atoms with E-state index in [1.54, 1.807) is 18.3 Å². The van der Waals surface area contributed by atoms with Gasteiger partial charge in [0.15, 0.2) is 5.75 Å². The minimum absolute atomic E-state index is 0.0708. The van der Waals surface area contributed by atoms with Crippen LogP contribution in [0, 0.1) is 0 Å². The van der Waals surface area contributed by atoms with Crippen LogP contribution in [0.25, 0.3) is 0 Å². The first kappa shape index (κ1) is 17.3. The number of methoxy groups -OCH3 is 1. The molecule has 2 aromatic rings. The third-order valence-corrected chi connectivity index (χ3v) is 4.76. The summed E-state index contributed by atoms with van der Waals surface area (Å²) < 4.78 is 10.8. The molecule has 0 aliphatic carbocycles. The Morgan fingerprint density at radius 3 is 2.88 bits per heavy atom. The van der Waals surface area contributed by atoms with E-state index in [0.29, 0.717) is 35.5 Å². The molecule has 128 valence electrons. The van der Waals surface area contributed by atoms with E-state index in [2.05, 4.69) is 9.88 Å².